The van der Waals surface area contributed by atoms with Gasteiger partial charge >= 0.3 is 0 Å². The van der Waals surface area contributed by atoms with Gasteiger partial charge in [0.2, 0.25) is 0 Å². The molecule has 0 saturated carbocycles. The number of hydrogen-bond acceptors (Lipinski definition) is 0. The maximum atomic E-state index is 3.40. The molecule has 0 bridgehead atoms. The van der Waals surface area contributed by atoms with Crippen molar-refractivity contribution in [2.45, 2.75) is 20.3 Å². The molecule has 0 aliphatic heterocycles. The molecule has 0 atom stereocenters. The first-order valence-electron chi connectivity index (χ1n) is 3.40. The quantitative estimate of drug-likeness (QED) is 0.650. The van der Waals surface area contributed by atoms with Crippen molar-refractivity contribution >= 4 is 15.9 Å². The lowest BCUT2D eigenvalue weighted by Gasteiger charge is -1.98. The Kier molecular flexibility index (Phi) is 2.50. The summed E-state index contributed by atoms with van der Waals surface area (Å²) < 4.78 is 1.06. The third-order valence-corrected chi connectivity index (χ3v) is 1.84. The molecule has 1 rings (SSSR count). The average molecular weight is 198 g/mol. The molecule has 0 unspecified atom stereocenters. The zero-order valence-electron chi connectivity index (χ0n) is 6.24. The van der Waals surface area contributed by atoms with Crippen molar-refractivity contribution in [2.24, 2.45) is 0 Å². The van der Waals surface area contributed by atoms with E-state index < -0.39 is 0 Å². The lowest BCUT2D eigenvalue weighted by atomic mass is 10.1. The zero-order chi connectivity index (χ0) is 7.56. The summed E-state index contributed by atoms with van der Waals surface area (Å²) in [6.07, 6.45) is 1.06. The van der Waals surface area contributed by atoms with E-state index in [1.165, 1.54) is 11.1 Å². The van der Waals surface area contributed by atoms with Crippen LogP contribution in [-0.2, 0) is 6.42 Å². The molecule has 0 saturated heterocycles. The minimum Gasteiger partial charge on any atom is -0.0613 e. The standard InChI is InChI=1S/C9H10Br/c1-3-8-4-7(2)5-9(10)6-8/h4-5H,3H2,1-2H3. The molecule has 0 aliphatic rings. The molecule has 1 heteroatoms. The zero-order valence-corrected chi connectivity index (χ0v) is 7.83. The summed E-state index contributed by atoms with van der Waals surface area (Å²) in [6, 6.07) is 7.44. The Hall–Kier alpha value is -0.300. The summed E-state index contributed by atoms with van der Waals surface area (Å²) in [7, 11) is 0. The molecule has 0 aromatic heterocycles. The topological polar surface area (TPSA) is 0 Å². The van der Waals surface area contributed by atoms with Gasteiger partial charge in [0.25, 0.3) is 0 Å². The molecule has 0 aliphatic carbocycles. The van der Waals surface area contributed by atoms with Gasteiger partial charge in [-0.15, -0.1) is 0 Å². The predicted octanol–water partition coefficient (Wildman–Crippen LogP) is 3.12. The van der Waals surface area contributed by atoms with Crippen LogP contribution >= 0.6 is 15.9 Å². The van der Waals surface area contributed by atoms with Crippen LogP contribution in [0.25, 0.3) is 0 Å². The van der Waals surface area contributed by atoms with E-state index in [1.54, 1.807) is 0 Å². The third kappa shape index (κ3) is 1.84. The van der Waals surface area contributed by atoms with Crippen LogP contribution in [0.3, 0.4) is 0 Å². The first kappa shape index (κ1) is 7.80. The van der Waals surface area contributed by atoms with Crippen LogP contribution < -0.4 is 0 Å². The molecular weight excluding hydrogens is 188 g/mol. The predicted molar refractivity (Wildman–Crippen MR) is 47.1 cm³/mol. The van der Waals surface area contributed by atoms with Crippen LogP contribution in [0.1, 0.15) is 18.1 Å². The van der Waals surface area contributed by atoms with Crippen molar-refractivity contribution in [3.05, 3.63) is 33.8 Å². The molecule has 0 fully saturated rings. The van der Waals surface area contributed by atoms with E-state index in [1.807, 2.05) is 0 Å². The summed E-state index contributed by atoms with van der Waals surface area (Å²) in [6.45, 7) is 4.23. The highest BCUT2D eigenvalue weighted by atomic mass is 79.9. The van der Waals surface area contributed by atoms with Gasteiger partial charge in [0.1, 0.15) is 0 Å². The van der Waals surface area contributed by atoms with Crippen LogP contribution in [0.15, 0.2) is 16.6 Å². The number of halogens is 1. The number of hydrogen-bond donors (Lipinski definition) is 0. The van der Waals surface area contributed by atoms with E-state index in [2.05, 4.69) is 48.0 Å². The average Bonchev–Trinajstić information content (AvgIpc) is 1.85. The summed E-state index contributed by atoms with van der Waals surface area (Å²) in [5, 5.41) is 0. The van der Waals surface area contributed by atoms with Gasteiger partial charge in [-0.1, -0.05) is 28.9 Å². The van der Waals surface area contributed by atoms with Crippen molar-refractivity contribution in [1.82, 2.24) is 0 Å². The summed E-state index contributed by atoms with van der Waals surface area (Å²) in [4.78, 5) is 0. The Balaban J connectivity index is 3.06. The summed E-state index contributed by atoms with van der Waals surface area (Å²) in [5.41, 5.74) is 2.56. The molecule has 0 nitrogen and oxygen atoms in total. The van der Waals surface area contributed by atoms with Gasteiger partial charge in [0, 0.05) is 10.5 Å². The molecule has 1 aromatic carbocycles. The Labute approximate surface area is 70.4 Å². The lowest BCUT2D eigenvalue weighted by molar-refractivity contribution is 1.12. The molecule has 1 radical (unpaired) electrons. The fraction of sp³-hybridized carbons (Fsp3) is 0.333. The SMILES string of the molecule is CCc1[c]c(Br)cc(C)c1. The molecule has 1 aromatic rings. The van der Waals surface area contributed by atoms with Gasteiger partial charge in [0.05, 0.1) is 0 Å². The van der Waals surface area contributed by atoms with Crippen LogP contribution in [0.5, 0.6) is 0 Å². The largest absolute Gasteiger partial charge is 0.0613 e. The third-order valence-electron chi connectivity index (χ3n) is 1.42. The second-order valence-electron chi connectivity index (χ2n) is 2.38. The van der Waals surface area contributed by atoms with E-state index in [4.69, 9.17) is 0 Å². The Bertz CT molecular complexity index is 208. The first-order valence-corrected chi connectivity index (χ1v) is 4.20. The number of benzene rings is 1. The molecule has 0 amide bonds. The number of rotatable bonds is 1. The second-order valence-corrected chi connectivity index (χ2v) is 3.24. The van der Waals surface area contributed by atoms with Crippen molar-refractivity contribution < 1.29 is 0 Å². The van der Waals surface area contributed by atoms with E-state index in [0.717, 1.165) is 10.9 Å². The first-order chi connectivity index (χ1) is 4.72. The van der Waals surface area contributed by atoms with Gasteiger partial charge in [-0.3, -0.25) is 0 Å². The van der Waals surface area contributed by atoms with Crippen LogP contribution in [-0.4, -0.2) is 0 Å². The van der Waals surface area contributed by atoms with E-state index in [9.17, 15) is 0 Å². The highest BCUT2D eigenvalue weighted by molar-refractivity contribution is 9.10. The second kappa shape index (κ2) is 3.20. The molecule has 0 heterocycles. The van der Waals surface area contributed by atoms with Crippen LogP contribution in [0, 0.1) is 13.0 Å². The molecular formula is C9H10Br. The fourth-order valence-electron chi connectivity index (χ4n) is 0.932. The Morgan fingerprint density at radius 1 is 1.50 bits per heavy atom. The highest BCUT2D eigenvalue weighted by Gasteiger charge is 1.93. The van der Waals surface area contributed by atoms with E-state index >= 15 is 0 Å². The minimum atomic E-state index is 1.06. The molecule has 0 spiro atoms. The van der Waals surface area contributed by atoms with Gasteiger partial charge in [0.15, 0.2) is 0 Å². The molecule has 53 valence electrons. The summed E-state index contributed by atoms with van der Waals surface area (Å²) in [5.74, 6) is 0. The Morgan fingerprint density at radius 2 is 2.20 bits per heavy atom. The van der Waals surface area contributed by atoms with Crippen LogP contribution in [0.2, 0.25) is 0 Å². The van der Waals surface area contributed by atoms with Gasteiger partial charge in [-0.2, -0.15) is 0 Å². The van der Waals surface area contributed by atoms with E-state index in [0.29, 0.717) is 0 Å². The van der Waals surface area contributed by atoms with Crippen LogP contribution in [0.4, 0.5) is 0 Å². The Morgan fingerprint density at radius 3 is 2.70 bits per heavy atom. The number of aryl methyl sites for hydroxylation is 2. The van der Waals surface area contributed by atoms with E-state index in [-0.39, 0.29) is 0 Å². The van der Waals surface area contributed by atoms with Gasteiger partial charge < -0.3 is 0 Å². The molecule has 10 heavy (non-hydrogen) atoms. The summed E-state index contributed by atoms with van der Waals surface area (Å²) >= 11 is 3.40. The fourth-order valence-corrected chi connectivity index (χ4v) is 1.55. The smallest absolute Gasteiger partial charge is 0.0259 e. The van der Waals surface area contributed by atoms with Crippen molar-refractivity contribution in [1.29, 1.82) is 0 Å². The maximum Gasteiger partial charge on any atom is 0.0259 e. The van der Waals surface area contributed by atoms with Crippen molar-refractivity contribution in [3.8, 4) is 0 Å². The van der Waals surface area contributed by atoms with Crippen molar-refractivity contribution in [2.75, 3.05) is 0 Å². The van der Waals surface area contributed by atoms with Crippen molar-refractivity contribution in [3.63, 3.8) is 0 Å². The normalized spacial score (nSPS) is 9.90. The molecule has 0 N–H and O–H groups in total. The van der Waals surface area contributed by atoms with Gasteiger partial charge in [-0.05, 0) is 30.5 Å². The van der Waals surface area contributed by atoms with Gasteiger partial charge in [-0.25, -0.2) is 0 Å². The monoisotopic (exact) mass is 197 g/mol. The highest BCUT2D eigenvalue weighted by Crippen LogP contribution is 2.14. The maximum absolute atomic E-state index is 3.40. The lowest BCUT2D eigenvalue weighted by Crippen LogP contribution is -1.82. The minimum absolute atomic E-state index is 1.06.